The first-order valence-electron chi connectivity index (χ1n) is 9.47. The quantitative estimate of drug-likeness (QED) is 0.531. The van der Waals surface area contributed by atoms with E-state index < -0.39 is 0 Å². The Hall–Kier alpha value is -3.01. The van der Waals surface area contributed by atoms with Crippen LogP contribution >= 0.6 is 0 Å². The van der Waals surface area contributed by atoms with E-state index in [9.17, 15) is 4.79 Å². The summed E-state index contributed by atoms with van der Waals surface area (Å²) in [6.45, 7) is 3.06. The number of nitrogens with zero attached hydrogens (tertiary/aromatic N) is 2. The molecule has 0 spiro atoms. The lowest BCUT2D eigenvalue weighted by Gasteiger charge is -2.15. The van der Waals surface area contributed by atoms with Crippen molar-refractivity contribution in [2.24, 2.45) is 0 Å². The Labute approximate surface area is 161 Å². The third-order valence-corrected chi connectivity index (χ3v) is 5.32. The second-order valence-electron chi connectivity index (χ2n) is 7.72. The molecule has 10 heteroatoms. The van der Waals surface area contributed by atoms with Gasteiger partial charge in [-0.2, -0.15) is 5.10 Å². The molecule has 2 aliphatic heterocycles. The van der Waals surface area contributed by atoms with Crippen molar-refractivity contribution in [3.8, 4) is 0 Å². The summed E-state index contributed by atoms with van der Waals surface area (Å²) >= 11 is 0. The maximum Gasteiger partial charge on any atom is 0.407 e. The summed E-state index contributed by atoms with van der Waals surface area (Å²) < 4.78 is 11.3. The molecule has 0 bridgehead atoms. The molecule has 0 aromatic carbocycles. The maximum atomic E-state index is 12.0. The molecular weight excluding hydrogens is 362 g/mol. The number of aromatic nitrogens is 3. The lowest BCUT2D eigenvalue weighted by atomic mass is 10.1. The zero-order chi connectivity index (χ0) is 19.1. The first kappa shape index (κ1) is 17.1. The van der Waals surface area contributed by atoms with Gasteiger partial charge in [0.2, 0.25) is 0 Å². The Morgan fingerprint density at radius 2 is 2.29 bits per heavy atom. The lowest BCUT2D eigenvalue weighted by Crippen LogP contribution is -2.37. The highest BCUT2D eigenvalue weighted by atomic mass is 16.6. The number of carbonyl (C=O) groups excluding carboxylic acids is 1. The van der Waals surface area contributed by atoms with Gasteiger partial charge >= 0.3 is 6.09 Å². The van der Waals surface area contributed by atoms with Gasteiger partial charge in [-0.1, -0.05) is 0 Å². The van der Waals surface area contributed by atoms with E-state index in [4.69, 9.17) is 9.47 Å². The average molecular weight is 385 g/mol. The number of ether oxygens (including phenoxy) is 2. The molecule has 2 unspecified atom stereocenters. The molecule has 5 N–H and O–H groups in total. The fourth-order valence-electron chi connectivity index (χ4n) is 3.43. The van der Waals surface area contributed by atoms with Crippen LogP contribution in [-0.2, 0) is 9.47 Å². The molecule has 3 aliphatic rings. The van der Waals surface area contributed by atoms with Gasteiger partial charge in [-0.25, -0.2) is 9.78 Å². The van der Waals surface area contributed by atoms with Crippen molar-refractivity contribution in [3.63, 3.8) is 0 Å². The number of amides is 1. The molecule has 0 radical (unpaired) electrons. The van der Waals surface area contributed by atoms with Crippen molar-refractivity contribution in [1.82, 2.24) is 20.5 Å². The Balaban J connectivity index is 1.19. The topological polar surface area (TPSA) is 125 Å². The SMILES string of the molecule is CC1(NC(=O)OC2COC(c3cc(Nc4nccc5c4NCN5)n[nH]3)C2)CC1. The second-order valence-corrected chi connectivity index (χ2v) is 7.72. The molecule has 2 atom stereocenters. The third kappa shape index (κ3) is 3.42. The first-order valence-corrected chi connectivity index (χ1v) is 9.47. The highest BCUT2D eigenvalue weighted by Gasteiger charge is 2.40. The average Bonchev–Trinajstić information content (AvgIpc) is 3.13. The van der Waals surface area contributed by atoms with Gasteiger partial charge in [0.1, 0.15) is 17.9 Å². The number of carbonyl (C=O) groups is 1. The maximum absolute atomic E-state index is 12.0. The number of fused-ring (bicyclic) bond motifs is 1. The van der Waals surface area contributed by atoms with Crippen LogP contribution in [0.2, 0.25) is 0 Å². The van der Waals surface area contributed by atoms with Crippen molar-refractivity contribution in [3.05, 3.63) is 24.0 Å². The summed E-state index contributed by atoms with van der Waals surface area (Å²) in [4.78, 5) is 16.3. The van der Waals surface area contributed by atoms with Crippen molar-refractivity contribution >= 4 is 29.1 Å². The minimum atomic E-state index is -0.369. The third-order valence-electron chi connectivity index (χ3n) is 5.32. The fourth-order valence-corrected chi connectivity index (χ4v) is 3.43. The predicted octanol–water partition coefficient (Wildman–Crippen LogP) is 2.45. The van der Waals surface area contributed by atoms with Crippen LogP contribution in [0.5, 0.6) is 0 Å². The van der Waals surface area contributed by atoms with Crippen LogP contribution in [0.15, 0.2) is 18.3 Å². The molecule has 2 aromatic heterocycles. The van der Waals surface area contributed by atoms with E-state index in [0.29, 0.717) is 31.3 Å². The van der Waals surface area contributed by atoms with Gasteiger partial charge in [0.15, 0.2) is 11.6 Å². The van der Waals surface area contributed by atoms with Gasteiger partial charge < -0.3 is 30.7 Å². The van der Waals surface area contributed by atoms with Crippen LogP contribution in [0.3, 0.4) is 0 Å². The van der Waals surface area contributed by atoms with E-state index in [2.05, 4.69) is 36.4 Å². The summed E-state index contributed by atoms with van der Waals surface area (Å²) in [7, 11) is 0. The molecule has 2 aromatic rings. The second kappa shape index (κ2) is 6.55. The number of alkyl carbamates (subject to hydrolysis) is 1. The van der Waals surface area contributed by atoms with Crippen molar-refractivity contribution in [1.29, 1.82) is 0 Å². The van der Waals surface area contributed by atoms with E-state index in [0.717, 1.165) is 29.9 Å². The number of rotatable bonds is 5. The van der Waals surface area contributed by atoms with Crippen molar-refractivity contribution < 1.29 is 14.3 Å². The van der Waals surface area contributed by atoms with Crippen LogP contribution in [0.4, 0.5) is 27.8 Å². The number of aromatic amines is 1. The monoisotopic (exact) mass is 385 g/mol. The minimum absolute atomic E-state index is 0.0874. The number of pyridine rings is 1. The summed E-state index contributed by atoms with van der Waals surface area (Å²) in [5.74, 6) is 1.36. The fraction of sp³-hybridized carbons (Fsp3) is 0.500. The van der Waals surface area contributed by atoms with Crippen LogP contribution in [0.25, 0.3) is 0 Å². The number of hydrogen-bond donors (Lipinski definition) is 5. The van der Waals surface area contributed by atoms with E-state index in [1.54, 1.807) is 6.20 Å². The normalized spacial score (nSPS) is 24.0. The molecule has 1 aliphatic carbocycles. The van der Waals surface area contributed by atoms with Gasteiger partial charge in [-0.05, 0) is 25.8 Å². The highest BCUT2D eigenvalue weighted by Crippen LogP contribution is 2.36. The molecule has 1 saturated heterocycles. The summed E-state index contributed by atoms with van der Waals surface area (Å²) in [5, 5.41) is 19.9. The molecule has 1 amide bonds. The Morgan fingerprint density at radius 1 is 1.39 bits per heavy atom. The van der Waals surface area contributed by atoms with Crippen LogP contribution < -0.4 is 21.3 Å². The lowest BCUT2D eigenvalue weighted by molar-refractivity contribution is 0.0675. The Kier molecular flexibility index (Phi) is 4.00. The van der Waals surface area contributed by atoms with E-state index in [-0.39, 0.29) is 23.8 Å². The zero-order valence-corrected chi connectivity index (χ0v) is 15.5. The van der Waals surface area contributed by atoms with Crippen LogP contribution in [-0.4, -0.2) is 46.2 Å². The Bertz CT molecular complexity index is 895. The van der Waals surface area contributed by atoms with Gasteiger partial charge in [0, 0.05) is 24.2 Å². The molecule has 10 nitrogen and oxygen atoms in total. The first-order chi connectivity index (χ1) is 13.6. The number of H-pyrrole nitrogens is 1. The molecule has 1 saturated carbocycles. The van der Waals surface area contributed by atoms with Crippen molar-refractivity contribution in [2.75, 3.05) is 29.2 Å². The predicted molar refractivity (Wildman–Crippen MR) is 103 cm³/mol. The number of anilines is 4. The Morgan fingerprint density at radius 3 is 3.14 bits per heavy atom. The largest absolute Gasteiger partial charge is 0.444 e. The molecular formula is C18H23N7O3. The zero-order valence-electron chi connectivity index (χ0n) is 15.5. The molecule has 148 valence electrons. The minimum Gasteiger partial charge on any atom is -0.444 e. The van der Waals surface area contributed by atoms with Crippen LogP contribution in [0.1, 0.15) is 38.0 Å². The summed E-state index contributed by atoms with van der Waals surface area (Å²) in [6, 6.07) is 3.81. The van der Waals surface area contributed by atoms with Gasteiger partial charge in [-0.15, -0.1) is 0 Å². The van der Waals surface area contributed by atoms with E-state index in [1.165, 1.54) is 0 Å². The van der Waals surface area contributed by atoms with Gasteiger partial charge in [0.25, 0.3) is 0 Å². The van der Waals surface area contributed by atoms with E-state index >= 15 is 0 Å². The smallest absolute Gasteiger partial charge is 0.407 e. The number of hydrogen-bond acceptors (Lipinski definition) is 8. The van der Waals surface area contributed by atoms with Gasteiger partial charge in [0.05, 0.1) is 24.7 Å². The molecule has 4 heterocycles. The summed E-state index contributed by atoms with van der Waals surface area (Å²) in [5.41, 5.74) is 2.68. The van der Waals surface area contributed by atoms with Crippen molar-refractivity contribution in [2.45, 2.75) is 43.9 Å². The molecule has 28 heavy (non-hydrogen) atoms. The van der Waals surface area contributed by atoms with E-state index in [1.807, 2.05) is 19.1 Å². The molecule has 5 rings (SSSR count). The molecule has 2 fully saturated rings. The standard InChI is InChI=1S/C18H23N7O3/c1-18(3-4-18)23-17(26)28-10-6-13(27-8-10)12-7-14(25-24-12)22-16-15-11(2-5-19-16)20-9-21-15/h2,5,7,10,13,20-21H,3-4,6,8-9H2,1H3,(H,23,26)(H2,19,22,24,25). The summed E-state index contributed by atoms with van der Waals surface area (Å²) in [6.07, 6.45) is 3.52. The van der Waals surface area contributed by atoms with Gasteiger partial charge in [-0.3, -0.25) is 5.10 Å². The van der Waals surface area contributed by atoms with Crippen LogP contribution in [0, 0.1) is 0 Å². The highest BCUT2D eigenvalue weighted by molar-refractivity contribution is 5.84. The number of nitrogens with one attached hydrogen (secondary N) is 5.